The first-order valence-corrected chi connectivity index (χ1v) is 5.59. The second-order valence-corrected chi connectivity index (χ2v) is 4.14. The van der Waals surface area contributed by atoms with Gasteiger partial charge in [-0.15, -0.1) is 11.3 Å². The van der Waals surface area contributed by atoms with Crippen LogP contribution in [0.1, 0.15) is 16.4 Å². The summed E-state index contributed by atoms with van der Waals surface area (Å²) >= 11 is 1.65. The quantitative estimate of drug-likeness (QED) is 0.849. The molecule has 0 radical (unpaired) electrons. The molecule has 0 aliphatic carbocycles. The van der Waals surface area contributed by atoms with Gasteiger partial charge < -0.3 is 5.32 Å². The van der Waals surface area contributed by atoms with E-state index < -0.39 is 0 Å². The number of hydrogen-bond acceptors (Lipinski definition) is 5. The highest BCUT2D eigenvalue weighted by Gasteiger charge is 1.97. The molecule has 0 unspecified atom stereocenters. The molecule has 78 valence electrons. The SMILES string of the molecule is Cc1nccc(CNCc2cncs2)n1. The van der Waals surface area contributed by atoms with Crippen LogP contribution >= 0.6 is 11.3 Å². The largest absolute Gasteiger partial charge is 0.306 e. The zero-order valence-electron chi connectivity index (χ0n) is 8.47. The van der Waals surface area contributed by atoms with E-state index in [1.165, 1.54) is 4.88 Å². The van der Waals surface area contributed by atoms with Crippen LogP contribution in [0.5, 0.6) is 0 Å². The van der Waals surface area contributed by atoms with Gasteiger partial charge in [-0.05, 0) is 13.0 Å². The second kappa shape index (κ2) is 4.95. The summed E-state index contributed by atoms with van der Waals surface area (Å²) in [6, 6.07) is 1.92. The van der Waals surface area contributed by atoms with E-state index in [-0.39, 0.29) is 0 Å². The van der Waals surface area contributed by atoms with Crippen molar-refractivity contribution in [2.24, 2.45) is 0 Å². The number of rotatable bonds is 4. The van der Waals surface area contributed by atoms with Gasteiger partial charge in [-0.2, -0.15) is 0 Å². The Kier molecular flexibility index (Phi) is 3.37. The van der Waals surface area contributed by atoms with Gasteiger partial charge in [-0.25, -0.2) is 9.97 Å². The molecule has 0 amide bonds. The standard InChI is InChI=1S/C10H12N4S/c1-8-13-3-2-9(14-8)4-11-5-10-6-12-7-15-10/h2-3,6-7,11H,4-5H2,1H3. The third-order valence-corrected chi connectivity index (χ3v) is 2.70. The Labute approximate surface area is 92.4 Å². The first-order chi connectivity index (χ1) is 7.34. The van der Waals surface area contributed by atoms with E-state index >= 15 is 0 Å². The van der Waals surface area contributed by atoms with Crippen LogP contribution < -0.4 is 5.32 Å². The lowest BCUT2D eigenvalue weighted by atomic mass is 10.4. The highest BCUT2D eigenvalue weighted by atomic mass is 32.1. The molecular formula is C10H12N4S. The van der Waals surface area contributed by atoms with Crippen LogP contribution in [0, 0.1) is 6.92 Å². The molecule has 2 heterocycles. The Morgan fingerprint density at radius 2 is 2.33 bits per heavy atom. The number of nitrogens with one attached hydrogen (secondary N) is 1. The zero-order valence-corrected chi connectivity index (χ0v) is 9.29. The van der Waals surface area contributed by atoms with Crippen molar-refractivity contribution in [3.8, 4) is 0 Å². The van der Waals surface area contributed by atoms with E-state index in [0.717, 1.165) is 24.6 Å². The molecule has 0 spiro atoms. The Morgan fingerprint density at radius 1 is 1.40 bits per heavy atom. The highest BCUT2D eigenvalue weighted by molar-refractivity contribution is 7.09. The molecule has 1 N–H and O–H groups in total. The van der Waals surface area contributed by atoms with E-state index in [0.29, 0.717) is 0 Å². The summed E-state index contributed by atoms with van der Waals surface area (Å²) in [5.41, 5.74) is 2.86. The fourth-order valence-corrected chi connectivity index (χ4v) is 1.81. The topological polar surface area (TPSA) is 50.7 Å². The smallest absolute Gasteiger partial charge is 0.125 e. The summed E-state index contributed by atoms with van der Waals surface area (Å²) in [6.07, 6.45) is 3.66. The maximum absolute atomic E-state index is 4.31. The molecule has 0 saturated carbocycles. The van der Waals surface area contributed by atoms with E-state index in [1.54, 1.807) is 17.5 Å². The summed E-state index contributed by atoms with van der Waals surface area (Å²) in [4.78, 5) is 13.6. The van der Waals surface area contributed by atoms with Crippen molar-refractivity contribution in [3.05, 3.63) is 40.4 Å². The third kappa shape index (κ3) is 3.07. The molecule has 4 nitrogen and oxygen atoms in total. The van der Waals surface area contributed by atoms with Crippen LogP contribution in [0.25, 0.3) is 0 Å². The van der Waals surface area contributed by atoms with Crippen LogP contribution in [0.3, 0.4) is 0 Å². The number of aryl methyl sites for hydroxylation is 1. The van der Waals surface area contributed by atoms with E-state index in [2.05, 4.69) is 20.3 Å². The minimum atomic E-state index is 0.765. The molecule has 0 atom stereocenters. The Hall–Kier alpha value is -1.33. The first kappa shape index (κ1) is 10.2. The molecule has 0 aromatic carbocycles. The number of hydrogen-bond donors (Lipinski definition) is 1. The van der Waals surface area contributed by atoms with Crippen molar-refractivity contribution in [1.82, 2.24) is 20.3 Å². The minimum Gasteiger partial charge on any atom is -0.306 e. The van der Waals surface area contributed by atoms with Crippen LogP contribution in [0.15, 0.2) is 24.0 Å². The molecule has 0 aliphatic heterocycles. The van der Waals surface area contributed by atoms with Crippen molar-refractivity contribution in [2.45, 2.75) is 20.0 Å². The zero-order chi connectivity index (χ0) is 10.5. The third-order valence-electron chi connectivity index (χ3n) is 1.92. The van der Waals surface area contributed by atoms with Crippen LogP contribution in [-0.2, 0) is 13.1 Å². The molecule has 0 bridgehead atoms. The molecule has 2 aromatic heterocycles. The molecule has 0 aliphatic rings. The van der Waals surface area contributed by atoms with Gasteiger partial charge in [0, 0.05) is 30.4 Å². The molecule has 0 saturated heterocycles. The molecule has 5 heteroatoms. The number of aromatic nitrogens is 3. The van der Waals surface area contributed by atoms with Gasteiger partial charge in [0.1, 0.15) is 5.82 Å². The highest BCUT2D eigenvalue weighted by Crippen LogP contribution is 2.04. The van der Waals surface area contributed by atoms with E-state index in [9.17, 15) is 0 Å². The van der Waals surface area contributed by atoms with Gasteiger partial charge in [-0.1, -0.05) is 0 Å². The minimum absolute atomic E-state index is 0.765. The fraction of sp³-hybridized carbons (Fsp3) is 0.300. The normalized spacial score (nSPS) is 10.5. The van der Waals surface area contributed by atoms with Gasteiger partial charge in [-0.3, -0.25) is 4.98 Å². The predicted molar refractivity (Wildman–Crippen MR) is 59.4 cm³/mol. The van der Waals surface area contributed by atoms with Crippen molar-refractivity contribution in [3.63, 3.8) is 0 Å². The van der Waals surface area contributed by atoms with Crippen molar-refractivity contribution in [1.29, 1.82) is 0 Å². The van der Waals surface area contributed by atoms with Gasteiger partial charge >= 0.3 is 0 Å². The summed E-state index contributed by atoms with van der Waals surface area (Å²) in [6.45, 7) is 3.50. The Morgan fingerprint density at radius 3 is 3.07 bits per heavy atom. The van der Waals surface area contributed by atoms with E-state index in [1.807, 2.05) is 24.7 Å². The fourth-order valence-electron chi connectivity index (χ4n) is 1.25. The lowest BCUT2D eigenvalue weighted by Crippen LogP contribution is -2.13. The summed E-state index contributed by atoms with van der Waals surface area (Å²) < 4.78 is 0. The van der Waals surface area contributed by atoms with Crippen LogP contribution in [0.2, 0.25) is 0 Å². The Balaban J connectivity index is 1.83. The predicted octanol–water partition coefficient (Wildman–Crippen LogP) is 1.53. The lowest BCUT2D eigenvalue weighted by Gasteiger charge is -2.02. The van der Waals surface area contributed by atoms with Gasteiger partial charge in [0.05, 0.1) is 11.2 Å². The van der Waals surface area contributed by atoms with Gasteiger partial charge in [0.2, 0.25) is 0 Å². The molecule has 15 heavy (non-hydrogen) atoms. The van der Waals surface area contributed by atoms with Crippen molar-refractivity contribution >= 4 is 11.3 Å². The van der Waals surface area contributed by atoms with Crippen molar-refractivity contribution < 1.29 is 0 Å². The summed E-state index contributed by atoms with van der Waals surface area (Å²) in [5.74, 6) is 0.812. The summed E-state index contributed by atoms with van der Waals surface area (Å²) in [5, 5.41) is 3.31. The van der Waals surface area contributed by atoms with Crippen LogP contribution in [-0.4, -0.2) is 15.0 Å². The number of nitrogens with zero attached hydrogens (tertiary/aromatic N) is 3. The molecule has 2 aromatic rings. The maximum atomic E-state index is 4.31. The average Bonchev–Trinajstić information content (AvgIpc) is 2.71. The van der Waals surface area contributed by atoms with E-state index in [4.69, 9.17) is 0 Å². The average molecular weight is 220 g/mol. The second-order valence-electron chi connectivity index (χ2n) is 3.17. The number of thiazole rings is 1. The maximum Gasteiger partial charge on any atom is 0.125 e. The van der Waals surface area contributed by atoms with Gasteiger partial charge in [0.25, 0.3) is 0 Å². The first-order valence-electron chi connectivity index (χ1n) is 4.71. The Bertz CT molecular complexity index is 413. The van der Waals surface area contributed by atoms with Crippen molar-refractivity contribution in [2.75, 3.05) is 0 Å². The summed E-state index contributed by atoms with van der Waals surface area (Å²) in [7, 11) is 0. The molecule has 2 rings (SSSR count). The van der Waals surface area contributed by atoms with Gasteiger partial charge in [0.15, 0.2) is 0 Å². The lowest BCUT2D eigenvalue weighted by molar-refractivity contribution is 0.681. The monoisotopic (exact) mass is 220 g/mol. The van der Waals surface area contributed by atoms with Crippen LogP contribution in [0.4, 0.5) is 0 Å². The molecule has 0 fully saturated rings. The molecular weight excluding hydrogens is 208 g/mol.